The van der Waals surface area contributed by atoms with Gasteiger partial charge in [-0.25, -0.2) is 22.8 Å². The molecule has 0 radical (unpaired) electrons. The summed E-state index contributed by atoms with van der Waals surface area (Å²) in [6, 6.07) is -0.0533. The van der Waals surface area contributed by atoms with Crippen LogP contribution in [0.3, 0.4) is 0 Å². The maximum Gasteiger partial charge on any atom is 0.247 e. The number of hydrogen-bond acceptors (Lipinski definition) is 5. The Kier molecular flexibility index (Phi) is 3.68. The first-order chi connectivity index (χ1) is 8.08. The number of hydrogen-bond donors (Lipinski definition) is 1. The van der Waals surface area contributed by atoms with E-state index < -0.39 is 15.7 Å². The van der Waals surface area contributed by atoms with Gasteiger partial charge in [-0.05, 0) is 19.4 Å². The predicted molar refractivity (Wildman–Crippen MR) is 59.7 cm³/mol. The molecule has 0 aliphatic carbocycles. The van der Waals surface area contributed by atoms with Gasteiger partial charge in [0.25, 0.3) is 0 Å². The van der Waals surface area contributed by atoms with E-state index >= 15 is 0 Å². The maximum atomic E-state index is 12.6. The fourth-order valence-corrected chi connectivity index (χ4v) is 3.26. The van der Waals surface area contributed by atoms with Gasteiger partial charge in [0.15, 0.2) is 5.82 Å². The van der Waals surface area contributed by atoms with E-state index in [1.807, 2.05) is 0 Å². The molecule has 7 heteroatoms. The van der Waals surface area contributed by atoms with E-state index in [1.165, 1.54) is 0 Å². The Bertz CT molecular complexity index is 469. The lowest BCUT2D eigenvalue weighted by Crippen LogP contribution is -2.39. The van der Waals surface area contributed by atoms with E-state index in [-0.39, 0.29) is 17.0 Å². The van der Waals surface area contributed by atoms with Crippen LogP contribution < -0.4 is 5.32 Å². The molecule has 94 valence electrons. The molecule has 0 amide bonds. The van der Waals surface area contributed by atoms with Crippen molar-refractivity contribution < 1.29 is 12.8 Å². The van der Waals surface area contributed by atoms with Gasteiger partial charge < -0.3 is 5.32 Å². The van der Waals surface area contributed by atoms with Crippen molar-refractivity contribution in [1.82, 2.24) is 15.3 Å². The van der Waals surface area contributed by atoms with Gasteiger partial charge in [-0.1, -0.05) is 6.42 Å². The number of halogens is 1. The van der Waals surface area contributed by atoms with Crippen LogP contribution in [0, 0.1) is 5.82 Å². The molecular formula is C10H14FN3O2S. The highest BCUT2D eigenvalue weighted by Crippen LogP contribution is 2.12. The topological polar surface area (TPSA) is 72.0 Å². The molecule has 17 heavy (non-hydrogen) atoms. The molecule has 1 aromatic heterocycles. The fraction of sp³-hybridized carbons (Fsp3) is 0.600. The molecule has 2 rings (SSSR count). The minimum Gasteiger partial charge on any atom is -0.313 e. The number of aromatic nitrogens is 2. The van der Waals surface area contributed by atoms with E-state index in [2.05, 4.69) is 15.3 Å². The second kappa shape index (κ2) is 5.05. The zero-order chi connectivity index (χ0) is 12.3. The molecule has 2 heterocycles. The number of nitrogens with zero attached hydrogens (tertiary/aromatic N) is 2. The van der Waals surface area contributed by atoms with Crippen molar-refractivity contribution in [3.8, 4) is 0 Å². The average molecular weight is 259 g/mol. The number of nitrogens with one attached hydrogen (secondary N) is 1. The van der Waals surface area contributed by atoms with Crippen molar-refractivity contribution in [3.63, 3.8) is 0 Å². The SMILES string of the molecule is O=S(=O)(CC1CCCCN1)c1ncc(F)cn1. The quantitative estimate of drug-likeness (QED) is 0.802. The highest BCUT2D eigenvalue weighted by atomic mass is 32.2. The summed E-state index contributed by atoms with van der Waals surface area (Å²) in [4.78, 5) is 7.03. The molecule has 0 bridgehead atoms. The highest BCUT2D eigenvalue weighted by Gasteiger charge is 2.24. The lowest BCUT2D eigenvalue weighted by molar-refractivity contribution is 0.423. The molecule has 0 saturated carbocycles. The summed E-state index contributed by atoms with van der Waals surface area (Å²) in [5.74, 6) is -0.668. The first-order valence-corrected chi connectivity index (χ1v) is 7.17. The monoisotopic (exact) mass is 259 g/mol. The van der Waals surface area contributed by atoms with E-state index in [9.17, 15) is 12.8 Å². The largest absolute Gasteiger partial charge is 0.313 e. The van der Waals surface area contributed by atoms with E-state index in [0.717, 1.165) is 38.2 Å². The molecular weight excluding hydrogens is 245 g/mol. The molecule has 1 saturated heterocycles. The van der Waals surface area contributed by atoms with Crippen molar-refractivity contribution in [2.24, 2.45) is 0 Å². The lowest BCUT2D eigenvalue weighted by atomic mass is 10.1. The van der Waals surface area contributed by atoms with E-state index in [4.69, 9.17) is 0 Å². The van der Waals surface area contributed by atoms with Gasteiger partial charge in [0.1, 0.15) is 0 Å². The maximum absolute atomic E-state index is 12.6. The highest BCUT2D eigenvalue weighted by molar-refractivity contribution is 7.91. The third-order valence-electron chi connectivity index (χ3n) is 2.71. The molecule has 0 aromatic carbocycles. The molecule has 1 N–H and O–H groups in total. The first kappa shape index (κ1) is 12.4. The van der Waals surface area contributed by atoms with Gasteiger partial charge in [0.05, 0.1) is 18.1 Å². The molecule has 1 unspecified atom stereocenters. The fourth-order valence-electron chi connectivity index (χ4n) is 1.87. The zero-order valence-electron chi connectivity index (χ0n) is 9.26. The molecule has 1 aliphatic rings. The smallest absolute Gasteiger partial charge is 0.247 e. The molecule has 1 aliphatic heterocycles. The second-order valence-electron chi connectivity index (χ2n) is 4.11. The number of piperidine rings is 1. The molecule has 5 nitrogen and oxygen atoms in total. The van der Waals surface area contributed by atoms with Crippen molar-refractivity contribution in [3.05, 3.63) is 18.2 Å². The molecule has 1 atom stereocenters. The van der Waals surface area contributed by atoms with Crippen molar-refractivity contribution in [2.75, 3.05) is 12.3 Å². The summed E-state index contributed by atoms with van der Waals surface area (Å²) in [7, 11) is -3.53. The minimum absolute atomic E-state index is 0.0291. The first-order valence-electron chi connectivity index (χ1n) is 5.51. The summed E-state index contributed by atoms with van der Waals surface area (Å²) in [5, 5.41) is 2.85. The van der Waals surface area contributed by atoms with Crippen LogP contribution in [-0.2, 0) is 9.84 Å². The summed E-state index contributed by atoms with van der Waals surface area (Å²) in [6.45, 7) is 0.838. The van der Waals surface area contributed by atoms with Crippen LogP contribution in [0.4, 0.5) is 4.39 Å². The normalized spacial score (nSPS) is 21.4. The Hall–Kier alpha value is -1.08. The van der Waals surface area contributed by atoms with Crippen LogP contribution in [0.15, 0.2) is 17.6 Å². The molecule has 1 aromatic rings. The summed E-state index contributed by atoms with van der Waals surface area (Å²) >= 11 is 0. The number of rotatable bonds is 3. The van der Waals surface area contributed by atoms with Gasteiger partial charge in [-0.2, -0.15) is 0 Å². The third-order valence-corrected chi connectivity index (χ3v) is 4.32. The van der Waals surface area contributed by atoms with Gasteiger partial charge in [0, 0.05) is 6.04 Å². The standard InChI is InChI=1S/C10H14FN3O2S/c11-8-5-13-10(14-6-8)17(15,16)7-9-3-1-2-4-12-9/h5-6,9,12H,1-4,7H2. The van der Waals surface area contributed by atoms with Crippen LogP contribution in [0.2, 0.25) is 0 Å². The lowest BCUT2D eigenvalue weighted by Gasteiger charge is -2.22. The average Bonchev–Trinajstić information content (AvgIpc) is 2.30. The Balaban J connectivity index is 2.10. The Labute approximate surface area is 99.4 Å². The van der Waals surface area contributed by atoms with Crippen molar-refractivity contribution in [1.29, 1.82) is 0 Å². The Morgan fingerprint density at radius 3 is 2.65 bits per heavy atom. The van der Waals surface area contributed by atoms with Gasteiger partial charge in [-0.15, -0.1) is 0 Å². The third kappa shape index (κ3) is 3.19. The van der Waals surface area contributed by atoms with Crippen LogP contribution in [0.25, 0.3) is 0 Å². The predicted octanol–water partition coefficient (Wildman–Crippen LogP) is 0.531. The summed E-state index contributed by atoms with van der Waals surface area (Å²) < 4.78 is 36.4. The second-order valence-corrected chi connectivity index (χ2v) is 6.04. The molecule has 0 spiro atoms. The van der Waals surface area contributed by atoms with E-state index in [1.54, 1.807) is 0 Å². The van der Waals surface area contributed by atoms with Gasteiger partial charge in [-0.3, -0.25) is 0 Å². The Morgan fingerprint density at radius 2 is 2.06 bits per heavy atom. The Morgan fingerprint density at radius 1 is 1.35 bits per heavy atom. The van der Waals surface area contributed by atoms with Crippen molar-refractivity contribution >= 4 is 9.84 Å². The zero-order valence-corrected chi connectivity index (χ0v) is 10.1. The summed E-state index contributed by atoms with van der Waals surface area (Å²) in [6.07, 6.45) is 4.67. The number of sulfone groups is 1. The van der Waals surface area contributed by atoms with Crippen LogP contribution in [-0.4, -0.2) is 36.7 Å². The van der Waals surface area contributed by atoms with Crippen LogP contribution >= 0.6 is 0 Å². The van der Waals surface area contributed by atoms with Gasteiger partial charge in [0.2, 0.25) is 15.0 Å². The minimum atomic E-state index is -3.53. The summed E-state index contributed by atoms with van der Waals surface area (Å²) in [5.41, 5.74) is 0. The van der Waals surface area contributed by atoms with E-state index in [0.29, 0.717) is 0 Å². The van der Waals surface area contributed by atoms with Gasteiger partial charge >= 0.3 is 0 Å². The molecule has 1 fully saturated rings. The van der Waals surface area contributed by atoms with Crippen molar-refractivity contribution in [2.45, 2.75) is 30.5 Å². The van der Waals surface area contributed by atoms with Crippen LogP contribution in [0.5, 0.6) is 0 Å². The van der Waals surface area contributed by atoms with Crippen LogP contribution in [0.1, 0.15) is 19.3 Å².